The number of carbonyl (C=O) groups is 1. The summed E-state index contributed by atoms with van der Waals surface area (Å²) in [6.45, 7) is 2.59. The van der Waals surface area contributed by atoms with E-state index in [0.29, 0.717) is 6.54 Å². The molecule has 0 rings (SSSR count). The Morgan fingerprint density at radius 1 is 1.50 bits per heavy atom. The van der Waals surface area contributed by atoms with Gasteiger partial charge in [0.1, 0.15) is 0 Å². The Hall–Kier alpha value is -0.280. The van der Waals surface area contributed by atoms with Crippen molar-refractivity contribution in [1.82, 2.24) is 0 Å². The zero-order valence-corrected chi connectivity index (χ0v) is 8.27. The van der Waals surface area contributed by atoms with E-state index in [1.54, 1.807) is 0 Å². The van der Waals surface area contributed by atoms with Crippen LogP contribution in [0.4, 0.5) is 0 Å². The Bertz CT molecular complexity index is 120. The molecule has 0 heterocycles. The van der Waals surface area contributed by atoms with Crippen molar-refractivity contribution < 1.29 is 9.90 Å². The van der Waals surface area contributed by atoms with Gasteiger partial charge in [0.05, 0.1) is 5.92 Å². The first-order valence-corrected chi connectivity index (χ1v) is 4.15. The van der Waals surface area contributed by atoms with Crippen LogP contribution in [0.2, 0.25) is 0 Å². The van der Waals surface area contributed by atoms with Gasteiger partial charge < -0.3 is 10.8 Å². The molecule has 74 valence electrons. The van der Waals surface area contributed by atoms with Gasteiger partial charge in [-0.15, -0.1) is 12.4 Å². The van der Waals surface area contributed by atoms with E-state index >= 15 is 0 Å². The maximum Gasteiger partial charge on any atom is 0.306 e. The molecule has 0 bridgehead atoms. The monoisotopic (exact) mass is 195 g/mol. The van der Waals surface area contributed by atoms with Crippen molar-refractivity contribution in [3.8, 4) is 0 Å². The number of hydrogen-bond donors (Lipinski definition) is 2. The van der Waals surface area contributed by atoms with Crippen LogP contribution >= 0.6 is 12.4 Å². The Labute approximate surface area is 79.7 Å². The summed E-state index contributed by atoms with van der Waals surface area (Å²) in [6.07, 6.45) is 3.24. The minimum absolute atomic E-state index is 0. The van der Waals surface area contributed by atoms with Crippen LogP contribution in [0.15, 0.2) is 0 Å². The van der Waals surface area contributed by atoms with Gasteiger partial charge in [0.2, 0.25) is 0 Å². The van der Waals surface area contributed by atoms with Crippen LogP contribution in [0.1, 0.15) is 32.6 Å². The highest BCUT2D eigenvalue weighted by atomic mass is 35.5. The zero-order chi connectivity index (χ0) is 8.69. The summed E-state index contributed by atoms with van der Waals surface area (Å²) in [5.41, 5.74) is 5.28. The molecule has 0 fully saturated rings. The van der Waals surface area contributed by atoms with Crippen molar-refractivity contribution in [3.05, 3.63) is 0 Å². The molecule has 0 amide bonds. The summed E-state index contributed by atoms with van der Waals surface area (Å²) in [5, 5.41) is 8.69. The second-order valence-corrected chi connectivity index (χ2v) is 2.75. The van der Waals surface area contributed by atoms with Crippen LogP contribution in [-0.2, 0) is 4.79 Å². The average molecular weight is 196 g/mol. The van der Waals surface area contributed by atoms with E-state index in [1.165, 1.54) is 0 Å². The van der Waals surface area contributed by atoms with Gasteiger partial charge in [-0.25, -0.2) is 0 Å². The van der Waals surface area contributed by atoms with Crippen molar-refractivity contribution in [1.29, 1.82) is 0 Å². The third-order valence-electron chi connectivity index (χ3n) is 1.74. The number of carboxylic acid groups (broad SMARTS) is 1. The van der Waals surface area contributed by atoms with E-state index in [1.807, 2.05) is 6.92 Å². The molecule has 0 aromatic heterocycles. The molecule has 0 spiro atoms. The van der Waals surface area contributed by atoms with Crippen LogP contribution in [0.25, 0.3) is 0 Å². The summed E-state index contributed by atoms with van der Waals surface area (Å²) in [4.78, 5) is 10.6. The average Bonchev–Trinajstić information content (AvgIpc) is 1.97. The number of hydrogen-bond acceptors (Lipinski definition) is 2. The minimum atomic E-state index is -0.680. The lowest BCUT2D eigenvalue weighted by Crippen LogP contribution is -2.14. The van der Waals surface area contributed by atoms with E-state index < -0.39 is 5.97 Å². The van der Waals surface area contributed by atoms with E-state index in [2.05, 4.69) is 0 Å². The maximum absolute atomic E-state index is 10.6. The molecule has 0 aliphatic rings. The van der Waals surface area contributed by atoms with Gasteiger partial charge in [0, 0.05) is 0 Å². The fourth-order valence-electron chi connectivity index (χ4n) is 1.10. The van der Waals surface area contributed by atoms with Crippen LogP contribution in [0.5, 0.6) is 0 Å². The molecular formula is C8H18ClNO2. The predicted octanol–water partition coefficient (Wildman–Crippen LogP) is 1.65. The molecule has 0 aliphatic heterocycles. The van der Waals surface area contributed by atoms with E-state index in [4.69, 9.17) is 10.8 Å². The first kappa shape index (κ1) is 14.3. The Morgan fingerprint density at radius 3 is 2.42 bits per heavy atom. The molecule has 3 nitrogen and oxygen atoms in total. The third kappa shape index (κ3) is 6.43. The highest BCUT2D eigenvalue weighted by Crippen LogP contribution is 2.12. The second kappa shape index (κ2) is 8.81. The summed E-state index contributed by atoms with van der Waals surface area (Å²) in [7, 11) is 0. The van der Waals surface area contributed by atoms with E-state index in [-0.39, 0.29) is 18.3 Å². The van der Waals surface area contributed by atoms with Gasteiger partial charge in [0.15, 0.2) is 0 Å². The van der Waals surface area contributed by atoms with Crippen LogP contribution in [0, 0.1) is 5.92 Å². The molecule has 0 saturated heterocycles. The van der Waals surface area contributed by atoms with E-state index in [0.717, 1.165) is 25.7 Å². The van der Waals surface area contributed by atoms with Gasteiger partial charge in [-0.1, -0.05) is 13.3 Å². The maximum atomic E-state index is 10.6. The van der Waals surface area contributed by atoms with Gasteiger partial charge in [-0.05, 0) is 25.8 Å². The molecule has 0 aliphatic carbocycles. The number of halogens is 1. The SMILES string of the molecule is CCCC(CCCN)C(=O)O.Cl. The Kier molecular flexibility index (Phi) is 10.5. The fraction of sp³-hybridized carbons (Fsp3) is 0.875. The quantitative estimate of drug-likeness (QED) is 0.678. The Balaban J connectivity index is 0. The van der Waals surface area contributed by atoms with Crippen LogP contribution < -0.4 is 5.73 Å². The van der Waals surface area contributed by atoms with Gasteiger partial charge in [0.25, 0.3) is 0 Å². The van der Waals surface area contributed by atoms with Crippen molar-refractivity contribution in [3.63, 3.8) is 0 Å². The minimum Gasteiger partial charge on any atom is -0.481 e. The smallest absolute Gasteiger partial charge is 0.306 e. The number of aliphatic carboxylic acids is 1. The molecule has 0 radical (unpaired) electrons. The lowest BCUT2D eigenvalue weighted by Gasteiger charge is -2.08. The molecule has 3 N–H and O–H groups in total. The first-order valence-electron chi connectivity index (χ1n) is 4.15. The second-order valence-electron chi connectivity index (χ2n) is 2.75. The van der Waals surface area contributed by atoms with Crippen molar-refractivity contribution in [2.75, 3.05) is 6.54 Å². The standard InChI is InChI=1S/C8H17NO2.ClH/c1-2-4-7(8(10)11)5-3-6-9;/h7H,2-6,9H2,1H3,(H,10,11);1H. The summed E-state index contributed by atoms with van der Waals surface area (Å²) < 4.78 is 0. The molecule has 0 aromatic rings. The number of rotatable bonds is 6. The molecule has 1 unspecified atom stereocenters. The van der Waals surface area contributed by atoms with E-state index in [9.17, 15) is 4.79 Å². The molecule has 4 heteroatoms. The van der Waals surface area contributed by atoms with Gasteiger partial charge in [-0.2, -0.15) is 0 Å². The first-order chi connectivity index (χ1) is 5.22. The zero-order valence-electron chi connectivity index (χ0n) is 7.45. The highest BCUT2D eigenvalue weighted by Gasteiger charge is 2.14. The predicted molar refractivity (Wildman–Crippen MR) is 51.6 cm³/mol. The third-order valence-corrected chi connectivity index (χ3v) is 1.74. The van der Waals surface area contributed by atoms with Crippen LogP contribution in [-0.4, -0.2) is 17.6 Å². The van der Waals surface area contributed by atoms with Gasteiger partial charge >= 0.3 is 5.97 Å². The lowest BCUT2D eigenvalue weighted by molar-refractivity contribution is -0.142. The molecule has 0 aromatic carbocycles. The topological polar surface area (TPSA) is 63.3 Å². The summed E-state index contributed by atoms with van der Waals surface area (Å²) >= 11 is 0. The van der Waals surface area contributed by atoms with Gasteiger partial charge in [-0.3, -0.25) is 4.79 Å². The normalized spacial score (nSPS) is 11.8. The van der Waals surface area contributed by atoms with Crippen molar-refractivity contribution in [2.24, 2.45) is 11.7 Å². The van der Waals surface area contributed by atoms with Crippen LogP contribution in [0.3, 0.4) is 0 Å². The molecular weight excluding hydrogens is 178 g/mol. The summed E-state index contributed by atoms with van der Waals surface area (Å²) in [5.74, 6) is -0.858. The van der Waals surface area contributed by atoms with Crippen molar-refractivity contribution >= 4 is 18.4 Å². The highest BCUT2D eigenvalue weighted by molar-refractivity contribution is 5.85. The molecule has 1 atom stereocenters. The number of nitrogens with two attached hydrogens (primary N) is 1. The lowest BCUT2D eigenvalue weighted by atomic mass is 9.98. The summed E-state index contributed by atoms with van der Waals surface area (Å²) in [6, 6.07) is 0. The largest absolute Gasteiger partial charge is 0.481 e. The fourth-order valence-corrected chi connectivity index (χ4v) is 1.10. The molecule has 12 heavy (non-hydrogen) atoms. The Morgan fingerprint density at radius 2 is 2.08 bits per heavy atom. The molecule has 0 saturated carbocycles. The van der Waals surface area contributed by atoms with Crippen molar-refractivity contribution in [2.45, 2.75) is 32.6 Å². The number of carboxylic acids is 1.